The zero-order valence-corrected chi connectivity index (χ0v) is 14.7. The lowest BCUT2D eigenvalue weighted by molar-refractivity contribution is 0.541. The third-order valence-corrected chi connectivity index (χ3v) is 6.89. The van der Waals surface area contributed by atoms with Crippen molar-refractivity contribution in [2.75, 3.05) is 6.54 Å². The molecule has 0 fully saturated rings. The Kier molecular flexibility index (Phi) is 3.67. The van der Waals surface area contributed by atoms with Crippen molar-refractivity contribution in [1.82, 2.24) is 10.3 Å². The molecular formula is C18H17ClN2O2S. The van der Waals surface area contributed by atoms with Crippen LogP contribution in [0.4, 0.5) is 0 Å². The predicted molar refractivity (Wildman–Crippen MR) is 96.1 cm³/mol. The van der Waals surface area contributed by atoms with E-state index in [1.807, 2.05) is 31.2 Å². The molecule has 6 heteroatoms. The summed E-state index contributed by atoms with van der Waals surface area (Å²) in [4.78, 5) is 3.71. The van der Waals surface area contributed by atoms with Crippen molar-refractivity contribution in [2.24, 2.45) is 0 Å². The van der Waals surface area contributed by atoms with Crippen LogP contribution in [0.15, 0.2) is 47.4 Å². The fourth-order valence-corrected chi connectivity index (χ4v) is 5.57. The number of aromatic nitrogens is 1. The second-order valence-corrected chi connectivity index (χ2v) is 8.54. The Balaban J connectivity index is 1.94. The summed E-state index contributed by atoms with van der Waals surface area (Å²) in [6.07, 6.45) is 0.765. The number of aromatic amines is 1. The van der Waals surface area contributed by atoms with Gasteiger partial charge in [-0.25, -0.2) is 8.42 Å². The summed E-state index contributed by atoms with van der Waals surface area (Å²) in [6, 6.07) is 12.6. The molecule has 2 heterocycles. The average Bonchev–Trinajstić information content (AvgIpc) is 2.92. The molecular weight excluding hydrogens is 344 g/mol. The van der Waals surface area contributed by atoms with Gasteiger partial charge in [0.15, 0.2) is 9.84 Å². The van der Waals surface area contributed by atoms with E-state index in [1.165, 1.54) is 0 Å². The van der Waals surface area contributed by atoms with Crippen molar-refractivity contribution in [3.05, 3.63) is 64.3 Å². The van der Waals surface area contributed by atoms with Gasteiger partial charge in [0.1, 0.15) is 5.37 Å². The number of benzene rings is 2. The molecule has 1 atom stereocenters. The first-order valence-electron chi connectivity index (χ1n) is 7.81. The highest BCUT2D eigenvalue weighted by atomic mass is 35.5. The third-order valence-electron chi connectivity index (χ3n) is 4.56. The van der Waals surface area contributed by atoms with E-state index in [2.05, 4.69) is 10.3 Å². The van der Waals surface area contributed by atoms with Crippen molar-refractivity contribution in [3.63, 3.8) is 0 Å². The normalized spacial score (nSPS) is 17.8. The van der Waals surface area contributed by atoms with E-state index in [0.29, 0.717) is 16.5 Å². The Morgan fingerprint density at radius 1 is 1.17 bits per heavy atom. The van der Waals surface area contributed by atoms with Gasteiger partial charge in [0.25, 0.3) is 0 Å². The molecule has 0 spiro atoms. The summed E-state index contributed by atoms with van der Waals surface area (Å²) in [5, 5.41) is 3.98. The van der Waals surface area contributed by atoms with Crippen molar-refractivity contribution < 1.29 is 8.42 Å². The number of sulfone groups is 1. The van der Waals surface area contributed by atoms with Gasteiger partial charge in [-0.1, -0.05) is 35.9 Å². The standard InChI is InChI=1S/C18H17ClN2O2S/c1-11-4-2-3-5-16(11)24(22,23)18-17-13-7-6-12(19)10-15(13)21-14(17)8-9-20-18/h2-7,10,18,20-21H,8-9H2,1H3. The third kappa shape index (κ3) is 2.35. The number of H-pyrrole nitrogens is 1. The summed E-state index contributed by atoms with van der Waals surface area (Å²) in [6.45, 7) is 2.44. The van der Waals surface area contributed by atoms with Crippen LogP contribution in [-0.2, 0) is 16.3 Å². The minimum atomic E-state index is -3.54. The maximum Gasteiger partial charge on any atom is 0.198 e. The topological polar surface area (TPSA) is 62.0 Å². The van der Waals surface area contributed by atoms with Gasteiger partial charge in [-0.15, -0.1) is 0 Å². The minimum Gasteiger partial charge on any atom is -0.358 e. The highest BCUT2D eigenvalue weighted by molar-refractivity contribution is 7.91. The van der Waals surface area contributed by atoms with Gasteiger partial charge in [-0.3, -0.25) is 5.32 Å². The molecule has 0 radical (unpaired) electrons. The number of halogens is 1. The van der Waals surface area contributed by atoms with E-state index in [9.17, 15) is 8.42 Å². The second-order valence-electron chi connectivity index (χ2n) is 6.10. The summed E-state index contributed by atoms with van der Waals surface area (Å²) in [5.74, 6) is 0. The summed E-state index contributed by atoms with van der Waals surface area (Å²) < 4.78 is 26.6. The van der Waals surface area contributed by atoms with Gasteiger partial charge in [-0.05, 0) is 30.7 Å². The molecule has 124 valence electrons. The average molecular weight is 361 g/mol. The first-order valence-corrected chi connectivity index (χ1v) is 9.74. The highest BCUT2D eigenvalue weighted by Gasteiger charge is 2.35. The Morgan fingerprint density at radius 3 is 2.75 bits per heavy atom. The molecule has 1 aliphatic heterocycles. The Hall–Kier alpha value is -1.82. The Labute approximate surface area is 145 Å². The lowest BCUT2D eigenvalue weighted by Gasteiger charge is -2.25. The monoisotopic (exact) mass is 360 g/mol. The molecule has 0 aliphatic carbocycles. The number of nitrogens with one attached hydrogen (secondary N) is 2. The number of aryl methyl sites for hydroxylation is 1. The van der Waals surface area contributed by atoms with E-state index >= 15 is 0 Å². The Bertz CT molecular complexity index is 1040. The minimum absolute atomic E-state index is 0.374. The molecule has 0 saturated carbocycles. The molecule has 3 aromatic rings. The Morgan fingerprint density at radius 2 is 1.96 bits per heavy atom. The molecule has 2 N–H and O–H groups in total. The van der Waals surface area contributed by atoms with Crippen molar-refractivity contribution in [1.29, 1.82) is 0 Å². The van der Waals surface area contributed by atoms with Crippen molar-refractivity contribution in [3.8, 4) is 0 Å². The lowest BCUT2D eigenvalue weighted by atomic mass is 10.1. The molecule has 1 aliphatic rings. The second kappa shape index (κ2) is 5.62. The van der Waals surface area contributed by atoms with Crippen LogP contribution in [0.5, 0.6) is 0 Å². The van der Waals surface area contributed by atoms with Gasteiger partial charge >= 0.3 is 0 Å². The van der Waals surface area contributed by atoms with Crippen LogP contribution in [0.3, 0.4) is 0 Å². The van der Waals surface area contributed by atoms with Crippen LogP contribution in [0.1, 0.15) is 22.2 Å². The van der Waals surface area contributed by atoms with E-state index < -0.39 is 15.2 Å². The number of hydrogen-bond donors (Lipinski definition) is 2. The van der Waals surface area contributed by atoms with Crippen LogP contribution in [-0.4, -0.2) is 19.9 Å². The van der Waals surface area contributed by atoms with E-state index in [4.69, 9.17) is 11.6 Å². The van der Waals surface area contributed by atoms with Crippen molar-refractivity contribution in [2.45, 2.75) is 23.6 Å². The number of rotatable bonds is 2. The predicted octanol–water partition coefficient (Wildman–Crippen LogP) is 3.75. The molecule has 4 nitrogen and oxygen atoms in total. The largest absolute Gasteiger partial charge is 0.358 e. The maximum absolute atomic E-state index is 13.3. The number of hydrogen-bond acceptors (Lipinski definition) is 3. The molecule has 0 saturated heterocycles. The van der Waals surface area contributed by atoms with Crippen molar-refractivity contribution >= 4 is 32.3 Å². The summed E-state index contributed by atoms with van der Waals surface area (Å²) in [5.41, 5.74) is 3.42. The zero-order valence-electron chi connectivity index (χ0n) is 13.1. The summed E-state index contributed by atoms with van der Waals surface area (Å²) in [7, 11) is -3.54. The van der Waals surface area contributed by atoms with Crippen LogP contribution in [0.25, 0.3) is 10.9 Å². The maximum atomic E-state index is 13.3. The summed E-state index contributed by atoms with van der Waals surface area (Å²) >= 11 is 6.07. The first-order chi connectivity index (χ1) is 11.5. The van der Waals surface area contributed by atoms with Gasteiger partial charge in [-0.2, -0.15) is 0 Å². The van der Waals surface area contributed by atoms with Gasteiger partial charge in [0, 0.05) is 40.1 Å². The zero-order chi connectivity index (χ0) is 16.9. The van der Waals surface area contributed by atoms with Gasteiger partial charge < -0.3 is 4.98 Å². The van der Waals surface area contributed by atoms with Crippen LogP contribution in [0, 0.1) is 6.92 Å². The SMILES string of the molecule is Cc1ccccc1S(=O)(=O)C1NCCc2[nH]c3cc(Cl)ccc3c21. The smallest absolute Gasteiger partial charge is 0.198 e. The quantitative estimate of drug-likeness (QED) is 0.731. The lowest BCUT2D eigenvalue weighted by Crippen LogP contribution is -2.35. The van der Waals surface area contributed by atoms with Gasteiger partial charge in [0.05, 0.1) is 4.90 Å². The van der Waals surface area contributed by atoms with E-state index in [0.717, 1.165) is 34.1 Å². The molecule has 0 amide bonds. The van der Waals surface area contributed by atoms with Gasteiger partial charge in [0.2, 0.25) is 0 Å². The molecule has 2 aromatic carbocycles. The molecule has 0 bridgehead atoms. The molecule has 1 aromatic heterocycles. The fraction of sp³-hybridized carbons (Fsp3) is 0.222. The molecule has 24 heavy (non-hydrogen) atoms. The number of fused-ring (bicyclic) bond motifs is 3. The molecule has 4 rings (SSSR count). The van der Waals surface area contributed by atoms with Crippen LogP contribution < -0.4 is 5.32 Å². The fourth-order valence-electron chi connectivity index (χ4n) is 3.44. The van der Waals surface area contributed by atoms with E-state index in [1.54, 1.807) is 18.2 Å². The van der Waals surface area contributed by atoms with Crippen LogP contribution >= 0.6 is 11.6 Å². The van der Waals surface area contributed by atoms with Crippen LogP contribution in [0.2, 0.25) is 5.02 Å². The first kappa shape index (κ1) is 15.7. The van der Waals surface area contributed by atoms with E-state index in [-0.39, 0.29) is 0 Å². The highest BCUT2D eigenvalue weighted by Crippen LogP contribution is 2.38. The molecule has 1 unspecified atom stereocenters.